The molecule has 0 amide bonds. The van der Waals surface area contributed by atoms with E-state index < -0.39 is 0 Å². The Morgan fingerprint density at radius 2 is 2.08 bits per heavy atom. The van der Waals surface area contributed by atoms with Crippen LogP contribution in [0.2, 0.25) is 0 Å². The number of hydrogen-bond donors (Lipinski definition) is 1. The molecule has 2 aromatic rings. The molecule has 1 unspecified atom stereocenters. The van der Waals surface area contributed by atoms with Gasteiger partial charge < -0.3 is 15.0 Å². The lowest BCUT2D eigenvalue weighted by Crippen LogP contribution is -2.40. The molecule has 0 radical (unpaired) electrons. The number of aromatic nitrogens is 2. The first-order valence-electron chi connectivity index (χ1n) is 8.76. The third kappa shape index (κ3) is 4.07. The van der Waals surface area contributed by atoms with Gasteiger partial charge in [-0.15, -0.1) is 0 Å². The second-order valence-corrected chi connectivity index (χ2v) is 6.19. The Balaban J connectivity index is 1.74. The Morgan fingerprint density at radius 1 is 1.28 bits per heavy atom. The lowest BCUT2D eigenvalue weighted by atomic mass is 10.0. The fourth-order valence-electron chi connectivity index (χ4n) is 3.20. The third-order valence-electron chi connectivity index (χ3n) is 4.58. The SMILES string of the molecule is CCC1CCCCN1c1nccc(Nc2ccc(C(=O)OC)cc2)n1. The monoisotopic (exact) mass is 340 g/mol. The van der Waals surface area contributed by atoms with Crippen LogP contribution in [0.15, 0.2) is 36.5 Å². The Hall–Kier alpha value is -2.63. The van der Waals surface area contributed by atoms with E-state index in [2.05, 4.69) is 27.1 Å². The first kappa shape index (κ1) is 17.2. The molecule has 0 bridgehead atoms. The van der Waals surface area contributed by atoms with E-state index in [1.165, 1.54) is 26.4 Å². The molecule has 1 aliphatic rings. The largest absolute Gasteiger partial charge is 0.465 e. The Labute approximate surface area is 148 Å². The van der Waals surface area contributed by atoms with Crippen LogP contribution < -0.4 is 10.2 Å². The maximum Gasteiger partial charge on any atom is 0.337 e. The number of benzene rings is 1. The van der Waals surface area contributed by atoms with E-state index in [1.54, 1.807) is 18.3 Å². The number of carbonyl (C=O) groups is 1. The number of carbonyl (C=O) groups excluding carboxylic acids is 1. The quantitative estimate of drug-likeness (QED) is 0.836. The number of ether oxygens (including phenoxy) is 1. The van der Waals surface area contributed by atoms with Gasteiger partial charge >= 0.3 is 5.97 Å². The van der Waals surface area contributed by atoms with Gasteiger partial charge in [0.25, 0.3) is 0 Å². The van der Waals surface area contributed by atoms with Crippen LogP contribution in [0.25, 0.3) is 0 Å². The normalized spacial score (nSPS) is 17.2. The molecule has 1 aromatic heterocycles. The zero-order valence-electron chi connectivity index (χ0n) is 14.7. The zero-order chi connectivity index (χ0) is 17.6. The number of nitrogens with zero attached hydrogens (tertiary/aromatic N) is 3. The van der Waals surface area contributed by atoms with E-state index in [4.69, 9.17) is 4.74 Å². The molecule has 0 aliphatic carbocycles. The molecule has 1 fully saturated rings. The predicted molar refractivity (Wildman–Crippen MR) is 98.4 cm³/mol. The van der Waals surface area contributed by atoms with Crippen LogP contribution in [-0.4, -0.2) is 35.6 Å². The summed E-state index contributed by atoms with van der Waals surface area (Å²) < 4.78 is 4.71. The number of hydrogen-bond acceptors (Lipinski definition) is 6. The fraction of sp³-hybridized carbons (Fsp3) is 0.421. The second kappa shape index (κ2) is 7.96. The van der Waals surface area contributed by atoms with Gasteiger partial charge in [0.2, 0.25) is 5.95 Å². The first-order chi connectivity index (χ1) is 12.2. The summed E-state index contributed by atoms with van der Waals surface area (Å²) in [6.45, 7) is 3.23. The van der Waals surface area contributed by atoms with Gasteiger partial charge in [-0.1, -0.05) is 6.92 Å². The Morgan fingerprint density at radius 3 is 2.80 bits per heavy atom. The van der Waals surface area contributed by atoms with E-state index in [0.717, 1.165) is 30.4 Å². The van der Waals surface area contributed by atoms with Crippen LogP contribution in [-0.2, 0) is 4.74 Å². The van der Waals surface area contributed by atoms with Gasteiger partial charge in [-0.25, -0.2) is 9.78 Å². The number of esters is 1. The van der Waals surface area contributed by atoms with Crippen molar-refractivity contribution in [3.8, 4) is 0 Å². The average Bonchev–Trinajstić information content (AvgIpc) is 2.68. The summed E-state index contributed by atoms with van der Waals surface area (Å²) in [5, 5.41) is 3.27. The molecule has 3 rings (SSSR count). The van der Waals surface area contributed by atoms with Crippen molar-refractivity contribution in [1.82, 2.24) is 9.97 Å². The van der Waals surface area contributed by atoms with Crippen molar-refractivity contribution in [3.63, 3.8) is 0 Å². The summed E-state index contributed by atoms with van der Waals surface area (Å²) in [5.41, 5.74) is 1.39. The summed E-state index contributed by atoms with van der Waals surface area (Å²) in [6, 6.07) is 9.50. The second-order valence-electron chi connectivity index (χ2n) is 6.19. The number of anilines is 3. The highest BCUT2D eigenvalue weighted by Crippen LogP contribution is 2.25. The summed E-state index contributed by atoms with van der Waals surface area (Å²) in [7, 11) is 1.38. The minimum atomic E-state index is -0.341. The van der Waals surface area contributed by atoms with Crippen LogP contribution >= 0.6 is 0 Å². The summed E-state index contributed by atoms with van der Waals surface area (Å²) in [4.78, 5) is 22.9. The molecule has 2 heterocycles. The molecule has 1 aliphatic heterocycles. The standard InChI is InChI=1S/C19H24N4O2/c1-3-16-6-4-5-13-23(16)19-20-12-11-17(22-19)21-15-9-7-14(8-10-15)18(24)25-2/h7-12,16H,3-6,13H2,1-2H3,(H,20,21,22). The maximum absolute atomic E-state index is 11.5. The molecule has 0 saturated carbocycles. The lowest BCUT2D eigenvalue weighted by molar-refractivity contribution is 0.0601. The molecular formula is C19H24N4O2. The van der Waals surface area contributed by atoms with Crippen LogP contribution in [0.1, 0.15) is 43.0 Å². The van der Waals surface area contributed by atoms with Gasteiger partial charge in [0.1, 0.15) is 5.82 Å². The Bertz CT molecular complexity index is 718. The molecule has 1 N–H and O–H groups in total. The van der Waals surface area contributed by atoms with Crippen molar-refractivity contribution < 1.29 is 9.53 Å². The topological polar surface area (TPSA) is 67.4 Å². The fourth-order valence-corrected chi connectivity index (χ4v) is 3.20. The molecule has 132 valence electrons. The molecule has 25 heavy (non-hydrogen) atoms. The van der Waals surface area contributed by atoms with Crippen LogP contribution in [0.3, 0.4) is 0 Å². The van der Waals surface area contributed by atoms with Crippen molar-refractivity contribution >= 4 is 23.4 Å². The van der Waals surface area contributed by atoms with Crippen molar-refractivity contribution in [2.45, 2.75) is 38.6 Å². The summed E-state index contributed by atoms with van der Waals surface area (Å²) in [6.07, 6.45) is 6.56. The van der Waals surface area contributed by atoms with E-state index in [-0.39, 0.29) is 5.97 Å². The van der Waals surface area contributed by atoms with Gasteiger partial charge in [-0.05, 0) is 56.0 Å². The molecule has 1 saturated heterocycles. The van der Waals surface area contributed by atoms with E-state index in [0.29, 0.717) is 11.6 Å². The average molecular weight is 340 g/mol. The van der Waals surface area contributed by atoms with Gasteiger partial charge in [-0.3, -0.25) is 0 Å². The lowest BCUT2D eigenvalue weighted by Gasteiger charge is -2.35. The third-order valence-corrected chi connectivity index (χ3v) is 4.58. The molecule has 1 atom stereocenters. The number of piperidine rings is 1. The van der Waals surface area contributed by atoms with E-state index in [1.807, 2.05) is 18.2 Å². The number of methoxy groups -OCH3 is 1. The van der Waals surface area contributed by atoms with Crippen molar-refractivity contribution in [1.29, 1.82) is 0 Å². The molecule has 6 nitrogen and oxygen atoms in total. The van der Waals surface area contributed by atoms with Crippen molar-refractivity contribution in [2.24, 2.45) is 0 Å². The van der Waals surface area contributed by atoms with Gasteiger partial charge in [0.05, 0.1) is 12.7 Å². The highest BCUT2D eigenvalue weighted by molar-refractivity contribution is 5.89. The maximum atomic E-state index is 11.5. The minimum Gasteiger partial charge on any atom is -0.465 e. The van der Waals surface area contributed by atoms with Crippen molar-refractivity contribution in [2.75, 3.05) is 23.9 Å². The molecule has 0 spiro atoms. The smallest absolute Gasteiger partial charge is 0.337 e. The Kier molecular flexibility index (Phi) is 5.48. The van der Waals surface area contributed by atoms with Crippen LogP contribution in [0.5, 0.6) is 0 Å². The molecule has 6 heteroatoms. The first-order valence-corrected chi connectivity index (χ1v) is 8.76. The van der Waals surface area contributed by atoms with Gasteiger partial charge in [0.15, 0.2) is 0 Å². The highest BCUT2D eigenvalue weighted by atomic mass is 16.5. The van der Waals surface area contributed by atoms with Crippen LogP contribution in [0.4, 0.5) is 17.5 Å². The predicted octanol–water partition coefficient (Wildman–Crippen LogP) is 3.78. The number of nitrogens with one attached hydrogen (secondary N) is 1. The van der Waals surface area contributed by atoms with Crippen LogP contribution in [0, 0.1) is 0 Å². The van der Waals surface area contributed by atoms with E-state index >= 15 is 0 Å². The highest BCUT2D eigenvalue weighted by Gasteiger charge is 2.23. The van der Waals surface area contributed by atoms with Gasteiger partial charge in [0, 0.05) is 24.5 Å². The van der Waals surface area contributed by atoms with Gasteiger partial charge in [-0.2, -0.15) is 4.98 Å². The molecule has 1 aromatic carbocycles. The van der Waals surface area contributed by atoms with Crippen molar-refractivity contribution in [3.05, 3.63) is 42.1 Å². The zero-order valence-corrected chi connectivity index (χ0v) is 14.7. The summed E-state index contributed by atoms with van der Waals surface area (Å²) >= 11 is 0. The summed E-state index contributed by atoms with van der Waals surface area (Å²) in [5.74, 6) is 1.19. The number of rotatable bonds is 5. The van der Waals surface area contributed by atoms with E-state index in [9.17, 15) is 4.79 Å². The molecular weight excluding hydrogens is 316 g/mol. The minimum absolute atomic E-state index is 0.341.